The number of carbonyl (C=O) groups excluding carboxylic acids is 2. The second-order valence-corrected chi connectivity index (χ2v) is 8.55. The molecule has 2 fully saturated rings. The maximum absolute atomic E-state index is 13.3. The van der Waals surface area contributed by atoms with Crippen LogP contribution in [0.1, 0.15) is 44.8 Å². The molecule has 2 saturated heterocycles. The van der Waals surface area contributed by atoms with Crippen molar-refractivity contribution in [2.45, 2.75) is 32.0 Å². The molecule has 3 aliphatic heterocycles. The summed E-state index contributed by atoms with van der Waals surface area (Å²) in [7, 11) is 0. The first-order chi connectivity index (χ1) is 15.2. The SMILES string of the molecule is O=C(c1cccc2c1C(=O)N(C[C@H]1CCCO1)C2)N1CCN(Cc2ccccn2)CC1. The van der Waals surface area contributed by atoms with Gasteiger partial charge in [-0.15, -0.1) is 0 Å². The molecule has 0 N–H and O–H groups in total. The molecule has 1 aromatic carbocycles. The zero-order valence-corrected chi connectivity index (χ0v) is 17.7. The summed E-state index contributed by atoms with van der Waals surface area (Å²) >= 11 is 0. The number of benzene rings is 1. The fourth-order valence-corrected chi connectivity index (χ4v) is 4.78. The smallest absolute Gasteiger partial charge is 0.255 e. The number of pyridine rings is 1. The summed E-state index contributed by atoms with van der Waals surface area (Å²) in [5.74, 6) is -0.0788. The third-order valence-electron chi connectivity index (χ3n) is 6.46. The van der Waals surface area contributed by atoms with E-state index in [2.05, 4.69) is 9.88 Å². The number of hydrogen-bond acceptors (Lipinski definition) is 5. The minimum absolute atomic E-state index is 0.0387. The molecule has 7 heteroatoms. The van der Waals surface area contributed by atoms with E-state index in [1.165, 1.54) is 0 Å². The number of aromatic nitrogens is 1. The molecule has 5 rings (SSSR count). The van der Waals surface area contributed by atoms with Crippen LogP contribution in [0.2, 0.25) is 0 Å². The average molecular weight is 421 g/mol. The Bertz CT molecular complexity index is 951. The highest BCUT2D eigenvalue weighted by atomic mass is 16.5. The Morgan fingerprint density at radius 3 is 2.71 bits per heavy atom. The molecular weight excluding hydrogens is 392 g/mol. The molecule has 1 atom stereocenters. The normalized spacial score (nSPS) is 21.5. The van der Waals surface area contributed by atoms with Gasteiger partial charge in [-0.3, -0.25) is 19.5 Å². The molecular formula is C24H28N4O3. The number of carbonyl (C=O) groups is 2. The van der Waals surface area contributed by atoms with Crippen molar-refractivity contribution >= 4 is 11.8 Å². The van der Waals surface area contributed by atoms with Crippen LogP contribution in [0.25, 0.3) is 0 Å². The Morgan fingerprint density at radius 1 is 1.10 bits per heavy atom. The number of piperazine rings is 1. The van der Waals surface area contributed by atoms with Crippen LogP contribution in [0.5, 0.6) is 0 Å². The van der Waals surface area contributed by atoms with Crippen LogP contribution in [0.15, 0.2) is 42.6 Å². The summed E-state index contributed by atoms with van der Waals surface area (Å²) in [6.07, 6.45) is 3.97. The fourth-order valence-electron chi connectivity index (χ4n) is 4.78. The summed E-state index contributed by atoms with van der Waals surface area (Å²) < 4.78 is 5.71. The number of fused-ring (bicyclic) bond motifs is 1. The lowest BCUT2D eigenvalue weighted by Gasteiger charge is -2.34. The Balaban J connectivity index is 1.24. The van der Waals surface area contributed by atoms with E-state index in [1.54, 1.807) is 6.07 Å². The molecule has 0 aliphatic carbocycles. The highest BCUT2D eigenvalue weighted by Gasteiger charge is 2.35. The maximum Gasteiger partial charge on any atom is 0.255 e. The number of ether oxygens (including phenoxy) is 1. The zero-order chi connectivity index (χ0) is 21.2. The summed E-state index contributed by atoms with van der Waals surface area (Å²) in [5.41, 5.74) is 3.11. The van der Waals surface area contributed by atoms with Crippen LogP contribution in [0, 0.1) is 0 Å². The minimum atomic E-state index is -0.0401. The van der Waals surface area contributed by atoms with Crippen molar-refractivity contribution in [3.63, 3.8) is 0 Å². The first-order valence-electron chi connectivity index (χ1n) is 11.1. The minimum Gasteiger partial charge on any atom is -0.376 e. The van der Waals surface area contributed by atoms with E-state index in [0.717, 1.165) is 50.3 Å². The highest BCUT2D eigenvalue weighted by Crippen LogP contribution is 2.28. The van der Waals surface area contributed by atoms with Gasteiger partial charge in [-0.2, -0.15) is 0 Å². The van der Waals surface area contributed by atoms with Gasteiger partial charge in [0.15, 0.2) is 0 Å². The molecule has 31 heavy (non-hydrogen) atoms. The van der Waals surface area contributed by atoms with E-state index in [-0.39, 0.29) is 17.9 Å². The van der Waals surface area contributed by atoms with Crippen molar-refractivity contribution in [1.29, 1.82) is 0 Å². The van der Waals surface area contributed by atoms with Crippen molar-refractivity contribution in [1.82, 2.24) is 19.7 Å². The molecule has 2 amide bonds. The van der Waals surface area contributed by atoms with Gasteiger partial charge in [0.2, 0.25) is 0 Å². The summed E-state index contributed by atoms with van der Waals surface area (Å²) in [6, 6.07) is 11.6. The van der Waals surface area contributed by atoms with E-state index >= 15 is 0 Å². The van der Waals surface area contributed by atoms with Crippen LogP contribution < -0.4 is 0 Å². The molecule has 4 heterocycles. The van der Waals surface area contributed by atoms with Crippen LogP contribution >= 0.6 is 0 Å². The first-order valence-corrected chi connectivity index (χ1v) is 11.1. The van der Waals surface area contributed by atoms with Crippen molar-refractivity contribution in [3.8, 4) is 0 Å². The second-order valence-electron chi connectivity index (χ2n) is 8.55. The van der Waals surface area contributed by atoms with Crippen LogP contribution in [-0.4, -0.2) is 76.9 Å². The Morgan fingerprint density at radius 2 is 1.97 bits per heavy atom. The molecule has 162 valence electrons. The third kappa shape index (κ3) is 4.20. The van der Waals surface area contributed by atoms with Crippen molar-refractivity contribution in [2.24, 2.45) is 0 Å². The van der Waals surface area contributed by atoms with Gasteiger partial charge in [0.05, 0.1) is 22.9 Å². The van der Waals surface area contributed by atoms with E-state index in [4.69, 9.17) is 4.74 Å². The monoisotopic (exact) mass is 420 g/mol. The van der Waals surface area contributed by atoms with Crippen LogP contribution in [0.4, 0.5) is 0 Å². The lowest BCUT2D eigenvalue weighted by Crippen LogP contribution is -2.48. The Labute approximate surface area is 182 Å². The average Bonchev–Trinajstić information content (AvgIpc) is 3.43. The lowest BCUT2D eigenvalue weighted by atomic mass is 10.0. The van der Waals surface area contributed by atoms with Gasteiger partial charge < -0.3 is 14.5 Å². The predicted molar refractivity (Wildman–Crippen MR) is 116 cm³/mol. The van der Waals surface area contributed by atoms with Crippen molar-refractivity contribution in [3.05, 3.63) is 65.0 Å². The largest absolute Gasteiger partial charge is 0.376 e. The molecule has 1 aromatic heterocycles. The van der Waals surface area contributed by atoms with Gasteiger partial charge in [-0.25, -0.2) is 0 Å². The second kappa shape index (κ2) is 8.77. The Hall–Kier alpha value is -2.77. The summed E-state index contributed by atoms with van der Waals surface area (Å²) in [6.45, 7) is 5.65. The molecule has 3 aliphatic rings. The molecule has 0 unspecified atom stereocenters. The van der Waals surface area contributed by atoms with E-state index < -0.39 is 0 Å². The highest BCUT2D eigenvalue weighted by molar-refractivity contribution is 6.09. The number of amides is 2. The number of rotatable bonds is 5. The third-order valence-corrected chi connectivity index (χ3v) is 6.46. The first kappa shape index (κ1) is 20.2. The molecule has 0 spiro atoms. The van der Waals surface area contributed by atoms with E-state index in [0.29, 0.717) is 37.3 Å². The Kier molecular flexibility index (Phi) is 5.70. The fraction of sp³-hybridized carbons (Fsp3) is 0.458. The van der Waals surface area contributed by atoms with Gasteiger partial charge in [0.25, 0.3) is 11.8 Å². The van der Waals surface area contributed by atoms with E-state index in [1.807, 2.05) is 46.3 Å². The molecule has 0 saturated carbocycles. The molecule has 2 aromatic rings. The molecule has 0 radical (unpaired) electrons. The lowest BCUT2D eigenvalue weighted by molar-refractivity contribution is 0.0538. The van der Waals surface area contributed by atoms with E-state index in [9.17, 15) is 9.59 Å². The van der Waals surface area contributed by atoms with Gasteiger partial charge in [0, 0.05) is 58.6 Å². The molecule has 0 bridgehead atoms. The van der Waals surface area contributed by atoms with Gasteiger partial charge in [-0.1, -0.05) is 18.2 Å². The summed E-state index contributed by atoms with van der Waals surface area (Å²) in [5, 5.41) is 0. The molecule has 7 nitrogen and oxygen atoms in total. The van der Waals surface area contributed by atoms with Crippen LogP contribution in [0.3, 0.4) is 0 Å². The zero-order valence-electron chi connectivity index (χ0n) is 17.7. The number of nitrogens with zero attached hydrogens (tertiary/aromatic N) is 4. The maximum atomic E-state index is 13.3. The summed E-state index contributed by atoms with van der Waals surface area (Å²) in [4.78, 5) is 36.9. The topological polar surface area (TPSA) is 66.0 Å². The van der Waals surface area contributed by atoms with Crippen molar-refractivity contribution in [2.75, 3.05) is 39.3 Å². The van der Waals surface area contributed by atoms with Crippen LogP contribution in [-0.2, 0) is 17.8 Å². The van der Waals surface area contributed by atoms with Gasteiger partial charge in [-0.05, 0) is 36.6 Å². The van der Waals surface area contributed by atoms with Crippen molar-refractivity contribution < 1.29 is 14.3 Å². The van der Waals surface area contributed by atoms with Gasteiger partial charge in [0.1, 0.15) is 0 Å². The number of hydrogen-bond donors (Lipinski definition) is 0. The predicted octanol–water partition coefficient (Wildman–Crippen LogP) is 2.17. The standard InChI is InChI=1S/C24H28N4O3/c29-23(27-12-10-26(11-13-27)16-19-6-1-2-9-25-19)21-8-3-5-18-15-28(24(30)22(18)21)17-20-7-4-14-31-20/h1-3,5-6,8-9,20H,4,7,10-17H2/t20-/m1/s1. The quantitative estimate of drug-likeness (QED) is 0.742. The van der Waals surface area contributed by atoms with Gasteiger partial charge >= 0.3 is 0 Å².